The molecule has 0 spiro atoms. The molecule has 0 amide bonds. The fourth-order valence-electron chi connectivity index (χ4n) is 3.78. The minimum absolute atomic E-state index is 0.266. The zero-order valence-electron chi connectivity index (χ0n) is 20.4. The maximum absolute atomic E-state index is 10.6. The molecule has 35 heavy (non-hydrogen) atoms. The molecule has 3 N–H and O–H groups in total. The van der Waals surface area contributed by atoms with Crippen molar-refractivity contribution in [2.45, 2.75) is 84.0 Å². The highest BCUT2D eigenvalue weighted by Gasteiger charge is 2.18. The molecule has 0 aliphatic carbocycles. The lowest BCUT2D eigenvalue weighted by atomic mass is 9.97. The van der Waals surface area contributed by atoms with Crippen molar-refractivity contribution in [3.05, 3.63) is 53.1 Å². The molecule has 9 nitrogen and oxygen atoms in total. The molecule has 0 saturated carbocycles. The lowest BCUT2D eigenvalue weighted by Crippen LogP contribution is -2.10. The number of unbranched alkanes of at least 4 members (excludes halogenated alkanes) is 7. The van der Waals surface area contributed by atoms with Gasteiger partial charge < -0.3 is 15.3 Å². The highest BCUT2D eigenvalue weighted by Crippen LogP contribution is 2.24. The van der Waals surface area contributed by atoms with Crippen LogP contribution >= 0.6 is 0 Å². The van der Waals surface area contributed by atoms with E-state index in [4.69, 9.17) is 20.6 Å². The molecule has 1 aromatic heterocycles. The molecule has 0 radical (unpaired) electrons. The summed E-state index contributed by atoms with van der Waals surface area (Å²) in [6.45, 7) is 4.45. The smallest absolute Gasteiger partial charge is 0.336 e. The predicted octanol–water partition coefficient (Wildman–Crippen LogP) is 6.02. The monoisotopic (exact) mass is 485 g/mol. The molecule has 0 aliphatic rings. The molecule has 0 fully saturated rings. The number of aromatic carboxylic acids is 3. The molecule has 1 aromatic carbocycles. The standard InChI is InChI=1S/C17H29N3.C9H6O6/c1-3-5-6-7-8-9-10-11-12-16(4-2)17-19-13-14-20(17)15-18;10-7(11)4-1-2-5(8(12)13)6(3-4)9(14)15/h13-14,16H,3-12H2,1-2H3;1-3H,(H,10,11)(H,12,13)(H,14,15). The summed E-state index contributed by atoms with van der Waals surface area (Å²) in [5.74, 6) is -2.82. The molecule has 0 bridgehead atoms. The molecule has 0 aliphatic heterocycles. The van der Waals surface area contributed by atoms with Gasteiger partial charge in [0.2, 0.25) is 0 Å². The minimum Gasteiger partial charge on any atom is -0.478 e. The van der Waals surface area contributed by atoms with Gasteiger partial charge in [-0.05, 0) is 31.0 Å². The van der Waals surface area contributed by atoms with Crippen molar-refractivity contribution >= 4 is 17.9 Å². The van der Waals surface area contributed by atoms with E-state index in [2.05, 4.69) is 25.0 Å². The first-order chi connectivity index (χ1) is 16.8. The molecule has 0 saturated heterocycles. The van der Waals surface area contributed by atoms with E-state index in [-0.39, 0.29) is 5.56 Å². The van der Waals surface area contributed by atoms with Gasteiger partial charge in [-0.2, -0.15) is 5.26 Å². The SMILES string of the molecule is CCCCCCCCCCC(CC)c1nccn1C#N.O=C(O)c1ccc(C(=O)O)c(C(=O)O)c1. The average molecular weight is 486 g/mol. The summed E-state index contributed by atoms with van der Waals surface area (Å²) in [5.41, 5.74) is -1.24. The lowest BCUT2D eigenvalue weighted by molar-refractivity contribution is 0.0649. The topological polar surface area (TPSA) is 154 Å². The summed E-state index contributed by atoms with van der Waals surface area (Å²) in [6.07, 6.45) is 18.7. The van der Waals surface area contributed by atoms with Crippen molar-refractivity contribution < 1.29 is 29.7 Å². The van der Waals surface area contributed by atoms with Crippen LogP contribution in [0.25, 0.3) is 0 Å². The highest BCUT2D eigenvalue weighted by atomic mass is 16.4. The van der Waals surface area contributed by atoms with Crippen LogP contribution in [0, 0.1) is 11.5 Å². The number of carboxylic acids is 3. The Morgan fingerprint density at radius 3 is 2.03 bits per heavy atom. The maximum Gasteiger partial charge on any atom is 0.336 e. The second-order valence-corrected chi connectivity index (χ2v) is 8.30. The average Bonchev–Trinajstić information content (AvgIpc) is 3.31. The van der Waals surface area contributed by atoms with Gasteiger partial charge in [0, 0.05) is 18.3 Å². The normalized spacial score (nSPS) is 11.1. The van der Waals surface area contributed by atoms with Crippen LogP contribution < -0.4 is 0 Å². The van der Waals surface area contributed by atoms with Crippen LogP contribution in [0.2, 0.25) is 0 Å². The van der Waals surface area contributed by atoms with Crippen LogP contribution in [0.1, 0.15) is 121 Å². The van der Waals surface area contributed by atoms with Gasteiger partial charge in [0.25, 0.3) is 0 Å². The Kier molecular flexibility index (Phi) is 13.5. The maximum atomic E-state index is 10.6. The number of imidazole rings is 1. The number of nitriles is 1. The number of hydrogen-bond donors (Lipinski definition) is 3. The van der Waals surface area contributed by atoms with Crippen LogP contribution in [0.15, 0.2) is 30.6 Å². The molecule has 1 heterocycles. The molecular weight excluding hydrogens is 450 g/mol. The zero-order valence-corrected chi connectivity index (χ0v) is 20.4. The summed E-state index contributed by atoms with van der Waals surface area (Å²) < 4.78 is 1.61. The van der Waals surface area contributed by atoms with E-state index >= 15 is 0 Å². The first-order valence-corrected chi connectivity index (χ1v) is 12.0. The van der Waals surface area contributed by atoms with E-state index in [1.165, 1.54) is 51.4 Å². The molecule has 2 aromatic rings. The molecule has 1 atom stereocenters. The number of carbonyl (C=O) groups is 3. The summed E-state index contributed by atoms with van der Waals surface area (Å²) in [7, 11) is 0. The lowest BCUT2D eigenvalue weighted by Gasteiger charge is -2.13. The first kappa shape index (κ1) is 29.4. The van der Waals surface area contributed by atoms with E-state index in [9.17, 15) is 14.4 Å². The van der Waals surface area contributed by atoms with Gasteiger partial charge in [0.1, 0.15) is 5.82 Å². The molecular formula is C26H35N3O6. The van der Waals surface area contributed by atoms with E-state index in [0.29, 0.717) is 5.92 Å². The van der Waals surface area contributed by atoms with Crippen LogP contribution in [0.5, 0.6) is 0 Å². The van der Waals surface area contributed by atoms with Crippen molar-refractivity contribution in [1.82, 2.24) is 9.55 Å². The van der Waals surface area contributed by atoms with Gasteiger partial charge in [-0.3, -0.25) is 0 Å². The third kappa shape index (κ3) is 10.0. The largest absolute Gasteiger partial charge is 0.478 e. The number of nitrogens with zero attached hydrogens (tertiary/aromatic N) is 3. The van der Waals surface area contributed by atoms with Crippen molar-refractivity contribution in [3.8, 4) is 6.19 Å². The van der Waals surface area contributed by atoms with Gasteiger partial charge in [-0.1, -0.05) is 65.2 Å². The van der Waals surface area contributed by atoms with Crippen molar-refractivity contribution in [2.75, 3.05) is 0 Å². The fraction of sp³-hybridized carbons (Fsp3) is 0.500. The first-order valence-electron chi connectivity index (χ1n) is 12.0. The summed E-state index contributed by atoms with van der Waals surface area (Å²) in [6, 6.07) is 2.81. The van der Waals surface area contributed by atoms with Crippen LogP contribution in [-0.4, -0.2) is 42.8 Å². The van der Waals surface area contributed by atoms with Gasteiger partial charge in [0.05, 0.1) is 16.7 Å². The number of hydrogen-bond acceptors (Lipinski definition) is 5. The number of carboxylic acid groups (broad SMARTS) is 3. The molecule has 2 rings (SSSR count). The van der Waals surface area contributed by atoms with Crippen molar-refractivity contribution in [1.29, 1.82) is 5.26 Å². The summed E-state index contributed by atoms with van der Waals surface area (Å²) in [5, 5.41) is 34.9. The predicted molar refractivity (Wildman–Crippen MR) is 131 cm³/mol. The van der Waals surface area contributed by atoms with Gasteiger partial charge in [-0.25, -0.2) is 23.9 Å². The Labute approximate surface area is 206 Å². The van der Waals surface area contributed by atoms with Gasteiger partial charge >= 0.3 is 17.9 Å². The molecule has 190 valence electrons. The van der Waals surface area contributed by atoms with E-state index in [1.54, 1.807) is 17.0 Å². The molecule has 9 heteroatoms. The summed E-state index contributed by atoms with van der Waals surface area (Å²) in [4.78, 5) is 36.1. The minimum atomic E-state index is -1.48. The molecule has 1 unspecified atom stereocenters. The van der Waals surface area contributed by atoms with Crippen molar-refractivity contribution in [2.24, 2.45) is 0 Å². The second-order valence-electron chi connectivity index (χ2n) is 8.30. The Morgan fingerprint density at radius 1 is 0.914 bits per heavy atom. The number of aromatic nitrogens is 2. The third-order valence-electron chi connectivity index (χ3n) is 5.77. The van der Waals surface area contributed by atoms with Crippen LogP contribution in [0.3, 0.4) is 0 Å². The summed E-state index contributed by atoms with van der Waals surface area (Å²) >= 11 is 0. The Bertz CT molecular complexity index is 1010. The Balaban J connectivity index is 0.000000365. The Hall–Kier alpha value is -3.67. The number of rotatable bonds is 14. The van der Waals surface area contributed by atoms with E-state index in [1.807, 2.05) is 0 Å². The second kappa shape index (κ2) is 16.0. The number of benzene rings is 1. The van der Waals surface area contributed by atoms with Crippen LogP contribution in [0.4, 0.5) is 0 Å². The van der Waals surface area contributed by atoms with E-state index < -0.39 is 29.0 Å². The third-order valence-corrected chi connectivity index (χ3v) is 5.77. The van der Waals surface area contributed by atoms with Gasteiger partial charge in [0.15, 0.2) is 6.19 Å². The van der Waals surface area contributed by atoms with Gasteiger partial charge in [-0.15, -0.1) is 0 Å². The van der Waals surface area contributed by atoms with E-state index in [0.717, 1.165) is 36.9 Å². The zero-order chi connectivity index (χ0) is 26.2. The van der Waals surface area contributed by atoms with Crippen molar-refractivity contribution in [3.63, 3.8) is 0 Å². The fourth-order valence-corrected chi connectivity index (χ4v) is 3.78. The quantitative estimate of drug-likeness (QED) is 0.275. The Morgan fingerprint density at radius 2 is 1.51 bits per heavy atom. The highest BCUT2D eigenvalue weighted by molar-refractivity contribution is 6.03. The van der Waals surface area contributed by atoms with Crippen LogP contribution in [-0.2, 0) is 0 Å².